The van der Waals surface area contributed by atoms with Gasteiger partial charge in [-0.15, -0.1) is 0 Å². The minimum atomic E-state index is -0.837. The number of aliphatic imine (C=N–C) groups is 1. The molecule has 32 heavy (non-hydrogen) atoms. The number of nitrogens with one attached hydrogen (secondary N) is 1. The third kappa shape index (κ3) is 5.60. The second-order valence-corrected chi connectivity index (χ2v) is 7.05. The minimum Gasteiger partial charge on any atom is -0.497 e. The Morgan fingerprint density at radius 3 is 2.47 bits per heavy atom. The lowest BCUT2D eigenvalue weighted by Crippen LogP contribution is -2.27. The van der Waals surface area contributed by atoms with Gasteiger partial charge in [0.2, 0.25) is 5.78 Å². The summed E-state index contributed by atoms with van der Waals surface area (Å²) in [5, 5.41) is 3.22. The molecule has 5 nitrogen and oxygen atoms in total. The molecule has 0 fully saturated rings. The summed E-state index contributed by atoms with van der Waals surface area (Å²) in [7, 11) is 1.57. The molecular formula is C26H26FN3O2. The van der Waals surface area contributed by atoms with E-state index < -0.39 is 6.04 Å². The van der Waals surface area contributed by atoms with E-state index in [0.29, 0.717) is 29.1 Å². The number of rotatable bonds is 9. The van der Waals surface area contributed by atoms with E-state index in [2.05, 4.69) is 10.3 Å². The standard InChI is InChI=1S/C26H26FN3O2/c1-3-29-17-23(18-8-5-4-6-9-18)24(28)26(31)25(19-12-14-20(27)15-13-19)30-21-10-7-11-22(16-21)32-2/h4-17,25,30H,3,28H2,1-2H3. The molecule has 1 unspecified atom stereocenters. The quantitative estimate of drug-likeness (QED) is 0.369. The van der Waals surface area contributed by atoms with Crippen molar-refractivity contribution in [3.63, 3.8) is 0 Å². The van der Waals surface area contributed by atoms with Crippen molar-refractivity contribution in [3.05, 3.63) is 102 Å². The van der Waals surface area contributed by atoms with Gasteiger partial charge < -0.3 is 15.8 Å². The van der Waals surface area contributed by atoms with Gasteiger partial charge in [0.25, 0.3) is 0 Å². The van der Waals surface area contributed by atoms with Crippen LogP contribution in [0.5, 0.6) is 5.75 Å². The number of allylic oxidation sites excluding steroid dienone is 1. The van der Waals surface area contributed by atoms with Crippen LogP contribution < -0.4 is 15.8 Å². The summed E-state index contributed by atoms with van der Waals surface area (Å²) in [4.78, 5) is 17.9. The molecule has 3 aromatic rings. The molecule has 0 aliphatic heterocycles. The van der Waals surface area contributed by atoms with Crippen molar-refractivity contribution in [1.29, 1.82) is 0 Å². The molecule has 0 saturated carbocycles. The molecule has 3 rings (SSSR count). The number of halogens is 1. The van der Waals surface area contributed by atoms with Crippen LogP contribution in [-0.2, 0) is 4.79 Å². The van der Waals surface area contributed by atoms with E-state index in [9.17, 15) is 9.18 Å². The number of anilines is 1. The predicted molar refractivity (Wildman–Crippen MR) is 127 cm³/mol. The maximum atomic E-state index is 13.6. The fourth-order valence-corrected chi connectivity index (χ4v) is 3.22. The zero-order valence-electron chi connectivity index (χ0n) is 18.1. The fraction of sp³-hybridized carbons (Fsp3) is 0.154. The number of hydrogen-bond donors (Lipinski definition) is 2. The highest BCUT2D eigenvalue weighted by Crippen LogP contribution is 2.27. The van der Waals surface area contributed by atoms with Crippen LogP contribution in [0, 0.1) is 5.82 Å². The molecule has 0 heterocycles. The van der Waals surface area contributed by atoms with Crippen LogP contribution in [0.25, 0.3) is 5.57 Å². The summed E-state index contributed by atoms with van der Waals surface area (Å²) < 4.78 is 18.8. The average Bonchev–Trinajstić information content (AvgIpc) is 2.83. The number of Topliss-reactive ketones (excluding diaryl/α,β-unsaturated/α-hetero) is 1. The van der Waals surface area contributed by atoms with Crippen LogP contribution in [0.4, 0.5) is 10.1 Å². The number of nitrogens with zero attached hydrogens (tertiary/aromatic N) is 1. The van der Waals surface area contributed by atoms with Gasteiger partial charge in [-0.05, 0) is 42.3 Å². The molecule has 164 valence electrons. The van der Waals surface area contributed by atoms with Gasteiger partial charge in [0.1, 0.15) is 17.6 Å². The molecule has 1 atom stereocenters. The molecule has 0 aliphatic rings. The van der Waals surface area contributed by atoms with E-state index in [1.807, 2.05) is 55.5 Å². The van der Waals surface area contributed by atoms with Gasteiger partial charge in [-0.2, -0.15) is 0 Å². The van der Waals surface area contributed by atoms with Gasteiger partial charge >= 0.3 is 0 Å². The van der Waals surface area contributed by atoms with E-state index in [1.165, 1.54) is 12.1 Å². The Bertz CT molecular complexity index is 1110. The first-order valence-corrected chi connectivity index (χ1v) is 10.3. The lowest BCUT2D eigenvalue weighted by molar-refractivity contribution is -0.116. The summed E-state index contributed by atoms with van der Waals surface area (Å²) in [5.74, 6) is -0.0883. The van der Waals surface area contributed by atoms with Crippen LogP contribution in [0.15, 0.2) is 89.6 Å². The van der Waals surface area contributed by atoms with E-state index in [1.54, 1.807) is 31.5 Å². The van der Waals surface area contributed by atoms with E-state index in [-0.39, 0.29) is 17.3 Å². The monoisotopic (exact) mass is 431 g/mol. The second kappa shape index (κ2) is 10.9. The first-order chi connectivity index (χ1) is 15.5. The molecule has 0 aromatic heterocycles. The zero-order chi connectivity index (χ0) is 22.9. The number of benzene rings is 3. The number of carbonyl (C=O) groups excluding carboxylic acids is 1. The number of hydrogen-bond acceptors (Lipinski definition) is 5. The van der Waals surface area contributed by atoms with E-state index in [4.69, 9.17) is 10.5 Å². The van der Waals surface area contributed by atoms with Crippen molar-refractivity contribution in [3.8, 4) is 5.75 Å². The van der Waals surface area contributed by atoms with Crippen molar-refractivity contribution in [2.75, 3.05) is 19.0 Å². The largest absolute Gasteiger partial charge is 0.497 e. The first kappa shape index (κ1) is 22.7. The van der Waals surface area contributed by atoms with Gasteiger partial charge in [0, 0.05) is 30.1 Å². The van der Waals surface area contributed by atoms with Crippen LogP contribution in [0.2, 0.25) is 0 Å². The minimum absolute atomic E-state index is 0.0677. The first-order valence-electron chi connectivity index (χ1n) is 10.3. The summed E-state index contributed by atoms with van der Waals surface area (Å²) in [6.45, 7) is 2.46. The number of nitrogens with two attached hydrogens (primary N) is 1. The molecule has 3 aromatic carbocycles. The maximum absolute atomic E-state index is 13.6. The van der Waals surface area contributed by atoms with E-state index in [0.717, 1.165) is 5.56 Å². The van der Waals surface area contributed by atoms with Crippen LogP contribution in [-0.4, -0.2) is 25.7 Å². The zero-order valence-corrected chi connectivity index (χ0v) is 18.1. The molecule has 0 bridgehead atoms. The maximum Gasteiger partial charge on any atom is 0.205 e. The van der Waals surface area contributed by atoms with Crippen molar-refractivity contribution in [2.45, 2.75) is 13.0 Å². The predicted octanol–water partition coefficient (Wildman–Crippen LogP) is 5.02. The molecule has 3 N–H and O–H groups in total. The normalized spacial score (nSPS) is 12.8. The molecular weight excluding hydrogens is 405 g/mol. The average molecular weight is 432 g/mol. The number of carbonyl (C=O) groups is 1. The van der Waals surface area contributed by atoms with Gasteiger partial charge in [-0.1, -0.05) is 48.5 Å². The van der Waals surface area contributed by atoms with Gasteiger partial charge in [-0.3, -0.25) is 9.79 Å². The number of ether oxygens (including phenoxy) is 1. The van der Waals surface area contributed by atoms with E-state index >= 15 is 0 Å². The third-order valence-electron chi connectivity index (χ3n) is 4.89. The Morgan fingerprint density at radius 1 is 1.09 bits per heavy atom. The van der Waals surface area contributed by atoms with Crippen molar-refractivity contribution in [2.24, 2.45) is 10.7 Å². The Balaban J connectivity index is 2.07. The lowest BCUT2D eigenvalue weighted by atomic mass is 9.95. The molecule has 0 amide bonds. The molecule has 6 heteroatoms. The number of ketones is 1. The lowest BCUT2D eigenvalue weighted by Gasteiger charge is -2.21. The van der Waals surface area contributed by atoms with Gasteiger partial charge in [-0.25, -0.2) is 4.39 Å². The Labute approximate surface area is 187 Å². The summed E-state index contributed by atoms with van der Waals surface area (Å²) in [6.07, 6.45) is 1.62. The van der Waals surface area contributed by atoms with Crippen LogP contribution >= 0.6 is 0 Å². The molecule has 0 radical (unpaired) electrons. The SMILES string of the molecule is CCN=CC(=C(N)C(=O)C(Nc1cccc(OC)c1)c1ccc(F)cc1)c1ccccc1. The van der Waals surface area contributed by atoms with Gasteiger partial charge in [0.15, 0.2) is 0 Å². The highest BCUT2D eigenvalue weighted by atomic mass is 19.1. The Morgan fingerprint density at radius 2 is 1.81 bits per heavy atom. The topological polar surface area (TPSA) is 76.7 Å². The van der Waals surface area contributed by atoms with Crippen molar-refractivity contribution < 1.29 is 13.9 Å². The second-order valence-electron chi connectivity index (χ2n) is 7.05. The highest BCUT2D eigenvalue weighted by molar-refractivity contribution is 6.20. The van der Waals surface area contributed by atoms with Gasteiger partial charge in [0.05, 0.1) is 12.8 Å². The molecule has 0 aliphatic carbocycles. The third-order valence-corrected chi connectivity index (χ3v) is 4.89. The molecule has 0 saturated heterocycles. The summed E-state index contributed by atoms with van der Waals surface area (Å²) in [5.41, 5.74) is 9.06. The van der Waals surface area contributed by atoms with Crippen molar-refractivity contribution in [1.82, 2.24) is 0 Å². The van der Waals surface area contributed by atoms with Crippen LogP contribution in [0.3, 0.4) is 0 Å². The smallest absolute Gasteiger partial charge is 0.205 e. The summed E-state index contributed by atoms with van der Waals surface area (Å²) >= 11 is 0. The number of methoxy groups -OCH3 is 1. The fourth-order valence-electron chi connectivity index (χ4n) is 3.22. The Kier molecular flexibility index (Phi) is 7.75. The highest BCUT2D eigenvalue weighted by Gasteiger charge is 2.25. The van der Waals surface area contributed by atoms with Crippen molar-refractivity contribution >= 4 is 23.3 Å². The Hall–Kier alpha value is -3.93. The summed E-state index contributed by atoms with van der Waals surface area (Å²) in [6, 6.07) is 21.6. The molecule has 0 spiro atoms. The van der Waals surface area contributed by atoms with Crippen LogP contribution in [0.1, 0.15) is 24.1 Å².